The summed E-state index contributed by atoms with van der Waals surface area (Å²) in [5, 5.41) is 16.5. The summed E-state index contributed by atoms with van der Waals surface area (Å²) in [6.45, 7) is -0.0545. The SMILES string of the molecule is O=C(NCc1ccccc1)NC[C@H](NC(=O)c1c(Cl)cncc1Cl)C(=O)O. The van der Waals surface area contributed by atoms with Crippen molar-refractivity contribution < 1.29 is 19.5 Å². The van der Waals surface area contributed by atoms with Crippen molar-refractivity contribution in [1.82, 2.24) is 20.9 Å². The van der Waals surface area contributed by atoms with Gasteiger partial charge in [-0.2, -0.15) is 0 Å². The van der Waals surface area contributed by atoms with Gasteiger partial charge in [0.15, 0.2) is 0 Å². The highest BCUT2D eigenvalue weighted by molar-refractivity contribution is 6.39. The van der Waals surface area contributed by atoms with Crippen LogP contribution in [0, 0.1) is 0 Å². The molecule has 0 saturated heterocycles. The maximum absolute atomic E-state index is 12.3. The summed E-state index contributed by atoms with van der Waals surface area (Å²) < 4.78 is 0. The molecule has 0 bridgehead atoms. The van der Waals surface area contributed by atoms with E-state index < -0.39 is 23.9 Å². The summed E-state index contributed by atoms with van der Waals surface area (Å²) in [5.41, 5.74) is 0.797. The van der Waals surface area contributed by atoms with E-state index >= 15 is 0 Å². The molecule has 142 valence electrons. The summed E-state index contributed by atoms with van der Waals surface area (Å²) in [5.74, 6) is -2.11. The number of carbonyl (C=O) groups is 3. The van der Waals surface area contributed by atoms with Gasteiger partial charge in [-0.1, -0.05) is 53.5 Å². The number of aliphatic carboxylic acids is 1. The van der Waals surface area contributed by atoms with E-state index in [1.54, 1.807) is 0 Å². The average molecular weight is 411 g/mol. The van der Waals surface area contributed by atoms with E-state index in [-0.39, 0.29) is 28.7 Å². The number of hydrogen-bond donors (Lipinski definition) is 4. The average Bonchev–Trinajstić information content (AvgIpc) is 2.63. The lowest BCUT2D eigenvalue weighted by molar-refractivity contribution is -0.139. The number of carbonyl (C=O) groups excluding carboxylic acids is 2. The van der Waals surface area contributed by atoms with Crippen molar-refractivity contribution in [1.29, 1.82) is 0 Å². The van der Waals surface area contributed by atoms with E-state index in [0.29, 0.717) is 0 Å². The van der Waals surface area contributed by atoms with Crippen molar-refractivity contribution in [2.24, 2.45) is 0 Å². The van der Waals surface area contributed by atoms with E-state index in [0.717, 1.165) is 5.56 Å². The second-order valence-electron chi connectivity index (χ2n) is 5.39. The molecule has 2 aromatic rings. The molecule has 0 unspecified atom stereocenters. The second kappa shape index (κ2) is 9.75. The van der Waals surface area contributed by atoms with Gasteiger partial charge in [0, 0.05) is 18.9 Å². The third-order valence-electron chi connectivity index (χ3n) is 3.45. The first kappa shape index (κ1) is 20.5. The van der Waals surface area contributed by atoms with E-state index in [4.69, 9.17) is 23.2 Å². The molecule has 8 nitrogen and oxygen atoms in total. The Balaban J connectivity index is 1.90. The Morgan fingerprint density at radius 2 is 1.67 bits per heavy atom. The van der Waals surface area contributed by atoms with E-state index in [1.807, 2.05) is 30.3 Å². The Hall–Kier alpha value is -2.84. The van der Waals surface area contributed by atoms with Crippen LogP contribution in [0.3, 0.4) is 0 Å². The Labute approximate surface area is 164 Å². The molecule has 1 atom stereocenters. The first-order valence-electron chi connectivity index (χ1n) is 7.76. The number of carboxylic acid groups (broad SMARTS) is 1. The summed E-state index contributed by atoms with van der Waals surface area (Å²) in [6, 6.07) is 7.25. The molecule has 1 heterocycles. The second-order valence-corrected chi connectivity index (χ2v) is 6.21. The largest absolute Gasteiger partial charge is 0.480 e. The van der Waals surface area contributed by atoms with Crippen molar-refractivity contribution in [3.05, 3.63) is 63.9 Å². The van der Waals surface area contributed by atoms with E-state index in [2.05, 4.69) is 20.9 Å². The fourth-order valence-electron chi connectivity index (χ4n) is 2.09. The molecule has 3 amide bonds. The minimum Gasteiger partial charge on any atom is -0.480 e. The molecular weight excluding hydrogens is 395 g/mol. The predicted molar refractivity (Wildman–Crippen MR) is 99.8 cm³/mol. The zero-order valence-electron chi connectivity index (χ0n) is 13.9. The van der Waals surface area contributed by atoms with Gasteiger partial charge < -0.3 is 21.1 Å². The standard InChI is InChI=1S/C17H16Cl2N4O4/c18-11-7-20-8-12(19)14(11)15(24)23-13(16(25)26)9-22-17(27)21-6-10-4-2-1-3-5-10/h1-5,7-8,13H,6,9H2,(H,23,24)(H,25,26)(H2,21,22,27)/t13-/m0/s1. The quantitative estimate of drug-likeness (QED) is 0.556. The van der Waals surface area contributed by atoms with Crippen LogP contribution in [-0.4, -0.2) is 40.6 Å². The third kappa shape index (κ3) is 6.12. The highest BCUT2D eigenvalue weighted by Crippen LogP contribution is 2.22. The molecule has 1 aromatic heterocycles. The van der Waals surface area contributed by atoms with Gasteiger partial charge in [-0.25, -0.2) is 9.59 Å². The van der Waals surface area contributed by atoms with Gasteiger partial charge >= 0.3 is 12.0 Å². The Bertz CT molecular complexity index is 813. The Morgan fingerprint density at radius 3 is 2.26 bits per heavy atom. The van der Waals surface area contributed by atoms with Crippen molar-refractivity contribution in [2.75, 3.05) is 6.54 Å². The van der Waals surface area contributed by atoms with E-state index in [1.165, 1.54) is 12.4 Å². The predicted octanol–water partition coefficient (Wildman–Crippen LogP) is 2.07. The fourth-order valence-corrected chi connectivity index (χ4v) is 2.63. The third-order valence-corrected chi connectivity index (χ3v) is 4.02. The first-order valence-corrected chi connectivity index (χ1v) is 8.52. The van der Waals surface area contributed by atoms with Crippen LogP contribution >= 0.6 is 23.2 Å². The van der Waals surface area contributed by atoms with Gasteiger partial charge in [0.25, 0.3) is 5.91 Å². The van der Waals surface area contributed by atoms with Crippen molar-refractivity contribution in [3.8, 4) is 0 Å². The molecule has 0 radical (unpaired) electrons. The molecular formula is C17H16Cl2N4O4. The number of hydrogen-bond acceptors (Lipinski definition) is 4. The number of pyridine rings is 1. The number of halogens is 2. The number of aromatic nitrogens is 1. The number of nitrogens with zero attached hydrogens (tertiary/aromatic N) is 1. The van der Waals surface area contributed by atoms with Gasteiger partial charge in [-0.15, -0.1) is 0 Å². The molecule has 0 saturated carbocycles. The molecule has 0 aliphatic carbocycles. The monoisotopic (exact) mass is 410 g/mol. The number of urea groups is 1. The molecule has 1 aromatic carbocycles. The van der Waals surface area contributed by atoms with Crippen LogP contribution in [0.5, 0.6) is 0 Å². The van der Waals surface area contributed by atoms with Crippen molar-refractivity contribution >= 4 is 41.1 Å². The minimum absolute atomic E-state index is 0.0160. The van der Waals surface area contributed by atoms with Crippen LogP contribution in [-0.2, 0) is 11.3 Å². The zero-order chi connectivity index (χ0) is 19.8. The smallest absolute Gasteiger partial charge is 0.328 e. The summed E-state index contributed by atoms with van der Waals surface area (Å²) in [6.07, 6.45) is 2.43. The van der Waals surface area contributed by atoms with Crippen LogP contribution < -0.4 is 16.0 Å². The number of benzene rings is 1. The van der Waals surface area contributed by atoms with Gasteiger partial charge in [-0.05, 0) is 5.56 Å². The van der Waals surface area contributed by atoms with Crippen LogP contribution in [0.4, 0.5) is 4.79 Å². The summed E-state index contributed by atoms with van der Waals surface area (Å²) in [4.78, 5) is 39.2. The molecule has 2 rings (SSSR count). The number of nitrogens with one attached hydrogen (secondary N) is 3. The van der Waals surface area contributed by atoms with Crippen molar-refractivity contribution in [2.45, 2.75) is 12.6 Å². The number of carboxylic acids is 1. The Kier molecular flexibility index (Phi) is 7.39. The van der Waals surface area contributed by atoms with Crippen molar-refractivity contribution in [3.63, 3.8) is 0 Å². The topological polar surface area (TPSA) is 120 Å². The number of amides is 3. The van der Waals surface area contributed by atoms with Crippen LogP contribution in [0.15, 0.2) is 42.7 Å². The Morgan fingerprint density at radius 1 is 1.04 bits per heavy atom. The fraction of sp³-hybridized carbons (Fsp3) is 0.176. The number of rotatable bonds is 7. The molecule has 27 heavy (non-hydrogen) atoms. The maximum Gasteiger partial charge on any atom is 0.328 e. The highest BCUT2D eigenvalue weighted by Gasteiger charge is 2.24. The molecule has 10 heteroatoms. The lowest BCUT2D eigenvalue weighted by atomic mass is 10.2. The van der Waals surface area contributed by atoms with Gasteiger partial charge in [-0.3, -0.25) is 9.78 Å². The minimum atomic E-state index is -1.37. The van der Waals surface area contributed by atoms with Gasteiger partial charge in [0.1, 0.15) is 6.04 Å². The molecule has 0 spiro atoms. The molecule has 0 aliphatic rings. The first-order chi connectivity index (χ1) is 12.9. The maximum atomic E-state index is 12.3. The van der Waals surface area contributed by atoms with Crippen LogP contribution in [0.1, 0.15) is 15.9 Å². The van der Waals surface area contributed by atoms with Gasteiger partial charge in [0.05, 0.1) is 22.2 Å². The molecule has 0 fully saturated rings. The highest BCUT2D eigenvalue weighted by atomic mass is 35.5. The van der Waals surface area contributed by atoms with Gasteiger partial charge in [0.2, 0.25) is 0 Å². The summed E-state index contributed by atoms with van der Waals surface area (Å²) in [7, 11) is 0. The molecule has 4 N–H and O–H groups in total. The van der Waals surface area contributed by atoms with Crippen LogP contribution in [0.25, 0.3) is 0 Å². The van der Waals surface area contributed by atoms with E-state index in [9.17, 15) is 19.5 Å². The normalized spacial score (nSPS) is 11.3. The zero-order valence-corrected chi connectivity index (χ0v) is 15.4. The summed E-state index contributed by atoms with van der Waals surface area (Å²) >= 11 is 11.8. The lowest BCUT2D eigenvalue weighted by Crippen LogP contribution is -2.50. The molecule has 0 aliphatic heterocycles. The lowest BCUT2D eigenvalue weighted by Gasteiger charge is -2.16. The van der Waals surface area contributed by atoms with Crippen LogP contribution in [0.2, 0.25) is 10.0 Å².